The lowest BCUT2D eigenvalue weighted by Gasteiger charge is -2.26. The standard InChI is InChI=1S/C18H18.C10H8O/c1-3-7-15-13(5-1)9-11-18-16-8-4-2-6-14(16)10-12-17(15)18;1-2-5-10-8-11-7-3-6-9(10)4-1/h1,3,5,7,10,12H,2,4,6,8-9,11H2;1-8H. The fraction of sp³-hybridized carbons (Fsp3) is 0.214. The lowest BCUT2D eigenvalue weighted by Crippen LogP contribution is -2.22. The molecule has 3 aromatic rings. The molecule has 0 bridgehead atoms. The van der Waals surface area contributed by atoms with Crippen molar-refractivity contribution in [1.82, 2.24) is 0 Å². The van der Waals surface area contributed by atoms with Crippen LogP contribution in [0.4, 0.5) is 0 Å². The Labute approximate surface area is 172 Å². The summed E-state index contributed by atoms with van der Waals surface area (Å²) in [4.78, 5) is 0. The van der Waals surface area contributed by atoms with E-state index in [0.29, 0.717) is 0 Å². The number of allylic oxidation sites excluding steroid dienone is 1. The van der Waals surface area contributed by atoms with E-state index in [1.54, 1.807) is 29.2 Å². The summed E-state index contributed by atoms with van der Waals surface area (Å²) in [7, 11) is 0. The number of benzene rings is 3. The summed E-state index contributed by atoms with van der Waals surface area (Å²) in [5.41, 5.74) is 9.49. The van der Waals surface area contributed by atoms with Gasteiger partial charge in [0.1, 0.15) is 0 Å². The van der Waals surface area contributed by atoms with E-state index in [4.69, 9.17) is 4.74 Å². The van der Waals surface area contributed by atoms with Crippen LogP contribution < -0.4 is 10.4 Å². The molecule has 6 rings (SSSR count). The van der Waals surface area contributed by atoms with Crippen molar-refractivity contribution in [3.63, 3.8) is 0 Å². The second kappa shape index (κ2) is 8.13. The van der Waals surface area contributed by atoms with Crippen LogP contribution in [0.3, 0.4) is 0 Å². The van der Waals surface area contributed by atoms with Gasteiger partial charge in [0.05, 0.1) is 12.5 Å². The van der Waals surface area contributed by atoms with Crippen LogP contribution in [0, 0.1) is 0 Å². The minimum atomic E-state index is 1.12. The molecular weight excluding hydrogens is 352 g/mol. The molecule has 144 valence electrons. The van der Waals surface area contributed by atoms with Crippen LogP contribution in [-0.2, 0) is 30.4 Å². The van der Waals surface area contributed by atoms with Gasteiger partial charge >= 0.3 is 0 Å². The van der Waals surface area contributed by atoms with Crippen molar-refractivity contribution in [3.8, 4) is 11.1 Å². The van der Waals surface area contributed by atoms with Crippen LogP contribution in [0.1, 0.15) is 35.1 Å². The molecule has 2 aliphatic carbocycles. The van der Waals surface area contributed by atoms with E-state index >= 15 is 0 Å². The highest BCUT2D eigenvalue weighted by molar-refractivity contribution is 5.75. The van der Waals surface area contributed by atoms with Crippen LogP contribution >= 0.6 is 0 Å². The highest BCUT2D eigenvalue weighted by Gasteiger charge is 2.21. The number of fused-ring (bicyclic) bond motifs is 6. The Morgan fingerprint density at radius 2 is 1.41 bits per heavy atom. The topological polar surface area (TPSA) is 9.23 Å². The first kappa shape index (κ1) is 18.0. The maximum Gasteiger partial charge on any atom is 0.0979 e. The summed E-state index contributed by atoms with van der Waals surface area (Å²) in [5, 5.41) is 2.32. The Bertz CT molecular complexity index is 1180. The van der Waals surface area contributed by atoms with Crippen molar-refractivity contribution in [3.05, 3.63) is 106 Å². The molecule has 0 radical (unpaired) electrons. The number of hydrogen-bond acceptors (Lipinski definition) is 1. The van der Waals surface area contributed by atoms with Gasteiger partial charge in [0, 0.05) is 5.22 Å². The molecule has 3 aliphatic rings. The summed E-state index contributed by atoms with van der Waals surface area (Å²) in [6.07, 6.45) is 15.2. The zero-order valence-electron chi connectivity index (χ0n) is 16.7. The zero-order chi connectivity index (χ0) is 19.5. The van der Waals surface area contributed by atoms with E-state index in [-0.39, 0.29) is 0 Å². The smallest absolute Gasteiger partial charge is 0.0979 e. The van der Waals surface area contributed by atoms with Crippen molar-refractivity contribution < 1.29 is 4.74 Å². The summed E-state index contributed by atoms with van der Waals surface area (Å²) >= 11 is 0. The van der Waals surface area contributed by atoms with Gasteiger partial charge in [-0.05, 0) is 83.2 Å². The summed E-state index contributed by atoms with van der Waals surface area (Å²) < 4.78 is 5.08. The van der Waals surface area contributed by atoms with Gasteiger partial charge in [-0.2, -0.15) is 0 Å². The monoisotopic (exact) mass is 378 g/mol. The van der Waals surface area contributed by atoms with Crippen LogP contribution in [0.25, 0.3) is 23.5 Å². The summed E-state index contributed by atoms with van der Waals surface area (Å²) in [5.74, 6) is 0. The van der Waals surface area contributed by atoms with Gasteiger partial charge in [-0.3, -0.25) is 0 Å². The fourth-order valence-electron chi connectivity index (χ4n) is 4.77. The Balaban J connectivity index is 0.000000142. The Morgan fingerprint density at radius 1 is 0.586 bits per heavy atom. The Hall–Kier alpha value is -3.06. The summed E-state index contributed by atoms with van der Waals surface area (Å²) in [6, 6.07) is 21.8. The van der Waals surface area contributed by atoms with Gasteiger partial charge in [-0.15, -0.1) is 0 Å². The first-order chi connectivity index (χ1) is 14.4. The van der Waals surface area contributed by atoms with Crippen LogP contribution in [0.15, 0.2) is 73.0 Å². The van der Waals surface area contributed by atoms with Crippen molar-refractivity contribution in [2.75, 3.05) is 0 Å². The van der Waals surface area contributed by atoms with E-state index in [2.05, 4.69) is 42.5 Å². The molecule has 3 aromatic carbocycles. The molecule has 29 heavy (non-hydrogen) atoms. The molecule has 1 aliphatic heterocycles. The molecule has 0 amide bonds. The van der Waals surface area contributed by atoms with Gasteiger partial charge in [0.25, 0.3) is 0 Å². The second-order valence-corrected chi connectivity index (χ2v) is 7.97. The average Bonchev–Trinajstić information content (AvgIpc) is 3.05. The molecule has 0 atom stereocenters. The van der Waals surface area contributed by atoms with Gasteiger partial charge in [-0.25, -0.2) is 0 Å². The third-order valence-electron chi connectivity index (χ3n) is 6.23. The molecule has 0 saturated carbocycles. The van der Waals surface area contributed by atoms with E-state index in [1.807, 2.05) is 30.4 Å². The Kier molecular flexibility index (Phi) is 5.04. The predicted molar refractivity (Wildman–Crippen MR) is 121 cm³/mol. The Morgan fingerprint density at radius 3 is 2.38 bits per heavy atom. The first-order valence-electron chi connectivity index (χ1n) is 10.7. The van der Waals surface area contributed by atoms with Gasteiger partial charge in [-0.1, -0.05) is 66.7 Å². The molecular formula is C28H26O. The number of hydrogen-bond donors (Lipinski definition) is 0. The van der Waals surface area contributed by atoms with Crippen LogP contribution in [0.2, 0.25) is 0 Å². The van der Waals surface area contributed by atoms with Gasteiger partial charge in [0.2, 0.25) is 0 Å². The molecule has 1 nitrogen and oxygen atoms in total. The SMILES string of the molecule is C1=COC=c2ccccc2=C1.c1ccc2c(c1)CCc1c-2ccc2c1CCCC2. The maximum atomic E-state index is 5.08. The minimum absolute atomic E-state index is 1.12. The third-order valence-corrected chi connectivity index (χ3v) is 6.23. The van der Waals surface area contributed by atoms with Gasteiger partial charge < -0.3 is 4.74 Å². The molecule has 0 unspecified atom stereocenters. The van der Waals surface area contributed by atoms with Crippen LogP contribution in [-0.4, -0.2) is 0 Å². The first-order valence-corrected chi connectivity index (χ1v) is 10.7. The molecule has 0 saturated heterocycles. The minimum Gasteiger partial charge on any atom is -0.472 e. The van der Waals surface area contributed by atoms with Crippen molar-refractivity contribution >= 4 is 12.3 Å². The number of rotatable bonds is 0. The van der Waals surface area contributed by atoms with E-state index < -0.39 is 0 Å². The van der Waals surface area contributed by atoms with E-state index in [1.165, 1.54) is 60.4 Å². The van der Waals surface area contributed by atoms with Crippen molar-refractivity contribution in [2.24, 2.45) is 0 Å². The van der Waals surface area contributed by atoms with Crippen molar-refractivity contribution in [2.45, 2.75) is 38.5 Å². The largest absolute Gasteiger partial charge is 0.472 e. The lowest BCUT2D eigenvalue weighted by molar-refractivity contribution is 0.461. The maximum absolute atomic E-state index is 5.08. The lowest BCUT2D eigenvalue weighted by atomic mass is 9.78. The van der Waals surface area contributed by atoms with Gasteiger partial charge in [0.15, 0.2) is 0 Å². The molecule has 1 heterocycles. The van der Waals surface area contributed by atoms with Crippen molar-refractivity contribution in [1.29, 1.82) is 0 Å². The van der Waals surface area contributed by atoms with Crippen LogP contribution in [0.5, 0.6) is 0 Å². The molecule has 0 fully saturated rings. The fourth-order valence-corrected chi connectivity index (χ4v) is 4.77. The van der Waals surface area contributed by atoms with E-state index in [9.17, 15) is 0 Å². The van der Waals surface area contributed by atoms with E-state index in [0.717, 1.165) is 5.22 Å². The highest BCUT2D eigenvalue weighted by Crippen LogP contribution is 2.38. The molecule has 0 N–H and O–H groups in total. The molecule has 0 spiro atoms. The number of aryl methyl sites for hydroxylation is 2. The summed E-state index contributed by atoms with van der Waals surface area (Å²) in [6.45, 7) is 0. The highest BCUT2D eigenvalue weighted by atomic mass is 16.5. The third kappa shape index (κ3) is 3.65. The quantitative estimate of drug-likeness (QED) is 0.530. The normalized spacial score (nSPS) is 15.4. The average molecular weight is 379 g/mol. The second-order valence-electron chi connectivity index (χ2n) is 7.97. The predicted octanol–water partition coefficient (Wildman–Crippen LogP) is 5.08. The number of ether oxygens (including phenoxy) is 1. The molecule has 1 heteroatoms. The zero-order valence-corrected chi connectivity index (χ0v) is 16.7. The molecule has 0 aromatic heterocycles.